The Kier molecular flexibility index (Phi) is 9.99. The summed E-state index contributed by atoms with van der Waals surface area (Å²) in [5.74, 6) is -2.22. The van der Waals surface area contributed by atoms with Crippen molar-refractivity contribution in [3.05, 3.63) is 35.9 Å². The molecule has 0 fully saturated rings. The third-order valence-electron chi connectivity index (χ3n) is 4.43. The number of hydrogen-bond acceptors (Lipinski definition) is 6. The predicted molar refractivity (Wildman–Crippen MR) is 114 cm³/mol. The number of amides is 1. The number of nitrogens with one attached hydrogen (secondary N) is 1. The van der Waals surface area contributed by atoms with Gasteiger partial charge < -0.3 is 19.5 Å². The molecule has 0 bridgehead atoms. The zero-order valence-electron chi connectivity index (χ0n) is 18.9. The monoisotopic (exact) mass is 421 g/mol. The summed E-state index contributed by atoms with van der Waals surface area (Å²) in [5, 5.41) is 2.61. The lowest BCUT2D eigenvalue weighted by atomic mass is 9.90. The van der Waals surface area contributed by atoms with Gasteiger partial charge in [0.05, 0.1) is 24.9 Å². The number of rotatable bonds is 11. The van der Waals surface area contributed by atoms with E-state index in [2.05, 4.69) is 5.32 Å². The third-order valence-corrected chi connectivity index (χ3v) is 4.43. The summed E-state index contributed by atoms with van der Waals surface area (Å²) >= 11 is 0. The van der Waals surface area contributed by atoms with Crippen molar-refractivity contribution in [3.8, 4) is 0 Å². The van der Waals surface area contributed by atoms with Crippen LogP contribution in [-0.2, 0) is 23.8 Å². The van der Waals surface area contributed by atoms with Crippen LogP contribution in [0.3, 0.4) is 0 Å². The number of carbonyl (C=O) groups is 3. The van der Waals surface area contributed by atoms with Gasteiger partial charge in [0.15, 0.2) is 0 Å². The highest BCUT2D eigenvalue weighted by Crippen LogP contribution is 2.24. The Labute approximate surface area is 179 Å². The molecule has 1 N–H and O–H groups in total. The Balaban J connectivity index is 3.26. The molecule has 0 aliphatic carbocycles. The van der Waals surface area contributed by atoms with Crippen molar-refractivity contribution < 1.29 is 28.6 Å². The van der Waals surface area contributed by atoms with Crippen LogP contribution < -0.4 is 5.32 Å². The molecule has 0 aromatic heterocycles. The van der Waals surface area contributed by atoms with Crippen molar-refractivity contribution >= 4 is 17.8 Å². The van der Waals surface area contributed by atoms with Crippen LogP contribution >= 0.6 is 0 Å². The molecule has 1 aromatic rings. The van der Waals surface area contributed by atoms with E-state index in [9.17, 15) is 14.4 Å². The highest BCUT2D eigenvalue weighted by atomic mass is 16.6. The zero-order chi connectivity index (χ0) is 22.8. The van der Waals surface area contributed by atoms with Crippen LogP contribution in [0.1, 0.15) is 71.2 Å². The van der Waals surface area contributed by atoms with Gasteiger partial charge in [-0.3, -0.25) is 4.79 Å². The first kappa shape index (κ1) is 25.6. The fraction of sp³-hybridized carbons (Fsp3) is 0.609. The van der Waals surface area contributed by atoms with Crippen molar-refractivity contribution in [2.24, 2.45) is 0 Å². The van der Waals surface area contributed by atoms with Gasteiger partial charge in [0, 0.05) is 5.56 Å². The topological polar surface area (TPSA) is 90.9 Å². The van der Waals surface area contributed by atoms with Gasteiger partial charge in [-0.05, 0) is 66.0 Å². The van der Waals surface area contributed by atoms with Gasteiger partial charge in [-0.2, -0.15) is 0 Å². The Morgan fingerprint density at radius 3 is 1.90 bits per heavy atom. The van der Waals surface area contributed by atoms with E-state index in [1.165, 1.54) is 0 Å². The van der Waals surface area contributed by atoms with Gasteiger partial charge in [0.1, 0.15) is 0 Å². The molecule has 1 atom stereocenters. The average molecular weight is 422 g/mol. The molecule has 0 heterocycles. The van der Waals surface area contributed by atoms with E-state index < -0.39 is 23.4 Å². The first-order chi connectivity index (χ1) is 14.1. The fourth-order valence-electron chi connectivity index (χ4n) is 3.04. The van der Waals surface area contributed by atoms with Crippen LogP contribution in [0.2, 0.25) is 0 Å². The van der Waals surface area contributed by atoms with Crippen molar-refractivity contribution in [1.82, 2.24) is 5.32 Å². The van der Waals surface area contributed by atoms with E-state index in [1.54, 1.807) is 44.2 Å². The minimum absolute atomic E-state index is 0.00216. The molecule has 1 aromatic carbocycles. The number of benzene rings is 1. The lowest BCUT2D eigenvalue weighted by molar-refractivity contribution is -0.166. The molecule has 0 unspecified atom stereocenters. The van der Waals surface area contributed by atoms with Crippen LogP contribution in [0.15, 0.2) is 30.3 Å². The summed E-state index contributed by atoms with van der Waals surface area (Å²) in [6.45, 7) is 11.2. The van der Waals surface area contributed by atoms with E-state index >= 15 is 0 Å². The van der Waals surface area contributed by atoms with Crippen LogP contribution in [-0.4, -0.2) is 48.3 Å². The number of ether oxygens (including phenoxy) is 3. The Morgan fingerprint density at radius 1 is 0.933 bits per heavy atom. The molecular weight excluding hydrogens is 386 g/mol. The van der Waals surface area contributed by atoms with Crippen molar-refractivity contribution in [2.45, 2.75) is 78.0 Å². The SMILES string of the molecule is CCOC(=O)C(CC[C@@H](CC)OC(C)(C)C)(NC(=O)c1ccccc1)C(=O)OCC. The first-order valence-electron chi connectivity index (χ1n) is 10.5. The minimum Gasteiger partial charge on any atom is -0.464 e. The minimum atomic E-state index is -1.95. The van der Waals surface area contributed by atoms with E-state index in [0.717, 1.165) is 0 Å². The van der Waals surface area contributed by atoms with Gasteiger partial charge in [0.2, 0.25) is 5.54 Å². The summed E-state index contributed by atoms with van der Waals surface area (Å²) in [5.41, 5.74) is -2.01. The normalized spacial score (nSPS) is 12.7. The molecule has 7 nitrogen and oxygen atoms in total. The van der Waals surface area contributed by atoms with E-state index in [4.69, 9.17) is 14.2 Å². The molecule has 1 rings (SSSR count). The highest BCUT2D eigenvalue weighted by molar-refractivity contribution is 6.10. The molecule has 168 valence electrons. The molecule has 0 radical (unpaired) electrons. The van der Waals surface area contributed by atoms with E-state index in [0.29, 0.717) is 18.4 Å². The van der Waals surface area contributed by atoms with E-state index in [-0.39, 0.29) is 31.3 Å². The lowest BCUT2D eigenvalue weighted by Gasteiger charge is -2.33. The van der Waals surface area contributed by atoms with Gasteiger partial charge in [-0.25, -0.2) is 9.59 Å². The number of esters is 2. The summed E-state index contributed by atoms with van der Waals surface area (Å²) in [6.07, 6.45) is 0.839. The second-order valence-electron chi connectivity index (χ2n) is 7.97. The molecule has 0 saturated heterocycles. The first-order valence-corrected chi connectivity index (χ1v) is 10.5. The largest absolute Gasteiger partial charge is 0.464 e. The van der Waals surface area contributed by atoms with E-state index in [1.807, 2.05) is 27.7 Å². The van der Waals surface area contributed by atoms with Crippen LogP contribution in [0, 0.1) is 0 Å². The fourth-order valence-corrected chi connectivity index (χ4v) is 3.04. The third kappa shape index (κ3) is 7.44. The van der Waals surface area contributed by atoms with Gasteiger partial charge in [-0.1, -0.05) is 25.1 Å². The van der Waals surface area contributed by atoms with Crippen LogP contribution in [0.5, 0.6) is 0 Å². The second kappa shape index (κ2) is 11.7. The second-order valence-corrected chi connectivity index (χ2v) is 7.97. The average Bonchev–Trinajstić information content (AvgIpc) is 2.69. The maximum Gasteiger partial charge on any atom is 0.343 e. The molecule has 0 aliphatic rings. The molecule has 30 heavy (non-hydrogen) atoms. The maximum absolute atomic E-state index is 13.0. The zero-order valence-corrected chi connectivity index (χ0v) is 18.9. The lowest BCUT2D eigenvalue weighted by Crippen LogP contribution is -2.61. The Bertz CT molecular complexity index is 677. The Morgan fingerprint density at radius 2 is 1.47 bits per heavy atom. The van der Waals surface area contributed by atoms with Crippen molar-refractivity contribution in [3.63, 3.8) is 0 Å². The quantitative estimate of drug-likeness (QED) is 0.433. The van der Waals surface area contributed by atoms with Crippen molar-refractivity contribution in [1.29, 1.82) is 0 Å². The number of hydrogen-bond donors (Lipinski definition) is 1. The van der Waals surface area contributed by atoms with Crippen LogP contribution in [0.25, 0.3) is 0 Å². The smallest absolute Gasteiger partial charge is 0.343 e. The molecule has 1 amide bonds. The maximum atomic E-state index is 13.0. The predicted octanol–water partition coefficient (Wildman–Crippen LogP) is 3.66. The molecule has 7 heteroatoms. The summed E-state index contributed by atoms with van der Waals surface area (Å²) in [7, 11) is 0. The van der Waals surface area contributed by atoms with Crippen LogP contribution in [0.4, 0.5) is 0 Å². The summed E-state index contributed by atoms with van der Waals surface area (Å²) in [6, 6.07) is 8.39. The molecule has 0 spiro atoms. The summed E-state index contributed by atoms with van der Waals surface area (Å²) < 4.78 is 16.4. The Hall–Kier alpha value is -2.41. The van der Waals surface area contributed by atoms with Crippen molar-refractivity contribution in [2.75, 3.05) is 13.2 Å². The van der Waals surface area contributed by atoms with Gasteiger partial charge in [0.25, 0.3) is 5.91 Å². The highest BCUT2D eigenvalue weighted by Gasteiger charge is 2.50. The standard InChI is InChI=1S/C23H35NO6/c1-7-18(30-22(4,5)6)15-16-23(20(26)28-8-2,21(27)29-9-3)24-19(25)17-13-11-10-12-14-17/h10-14,18H,7-9,15-16H2,1-6H3,(H,24,25)/t18-/m1/s1. The van der Waals surface area contributed by atoms with Gasteiger partial charge in [-0.15, -0.1) is 0 Å². The van der Waals surface area contributed by atoms with Gasteiger partial charge >= 0.3 is 11.9 Å². The number of carbonyl (C=O) groups excluding carboxylic acids is 3. The molecule has 0 saturated carbocycles. The molecular formula is C23H35NO6. The summed E-state index contributed by atoms with van der Waals surface area (Å²) in [4.78, 5) is 38.8. The molecule has 0 aliphatic heterocycles.